The zero-order valence-corrected chi connectivity index (χ0v) is 4.13. The van der Waals surface area contributed by atoms with E-state index >= 15 is 0 Å². The molecule has 0 unspecified atom stereocenters. The van der Waals surface area contributed by atoms with Gasteiger partial charge < -0.3 is 18.8 Å². The van der Waals surface area contributed by atoms with Gasteiger partial charge in [-0.05, 0) is 0 Å². The molecule has 0 heterocycles. The predicted octanol–water partition coefficient (Wildman–Crippen LogP) is -3.85. The summed E-state index contributed by atoms with van der Waals surface area (Å²) >= 11 is 0. The molecule has 0 aromatic heterocycles. The number of hydrogen-bond acceptors (Lipinski definition) is 4. The first-order valence-corrected chi connectivity index (χ1v) is 2.86. The van der Waals surface area contributed by atoms with Gasteiger partial charge in [0.25, 0.3) is 0 Å². The van der Waals surface area contributed by atoms with E-state index in [0.29, 0.717) is 0 Å². The maximum atomic E-state index is 9.28. The van der Waals surface area contributed by atoms with Crippen LogP contribution in [0.15, 0.2) is 0 Å². The predicted molar refractivity (Wildman–Crippen MR) is 12.8 cm³/mol. The molecule has 0 fully saturated rings. The summed E-state index contributed by atoms with van der Waals surface area (Å²) in [5, 5.41) is 0. The number of rotatable bonds is 1. The molecular weight excluding hydrogens is 104 g/mol. The lowest BCUT2D eigenvalue weighted by Gasteiger charge is -2.52. The minimum absolute atomic E-state index is 0.833. The minimum atomic E-state index is -4.88. The lowest BCUT2D eigenvalue weighted by atomic mass is 11.8. The van der Waals surface area contributed by atoms with Gasteiger partial charge in [0.15, 0.2) is 0 Å². The summed E-state index contributed by atoms with van der Waals surface area (Å²) in [5.74, 6) is 0. The molecule has 5 heteroatoms. The van der Waals surface area contributed by atoms with Crippen molar-refractivity contribution in [3.63, 3.8) is 0 Å². The monoisotopic (exact) mass is 107 g/mol. The third-order valence-electron chi connectivity index (χ3n) is 0.250. The van der Waals surface area contributed by atoms with Gasteiger partial charge in [-0.25, -0.2) is 0 Å². The van der Waals surface area contributed by atoms with Crippen molar-refractivity contribution >= 4 is 9.05 Å². The lowest BCUT2D eigenvalue weighted by molar-refractivity contribution is -0.539. The summed E-state index contributed by atoms with van der Waals surface area (Å²) in [6.07, 6.45) is 0. The van der Waals surface area contributed by atoms with E-state index in [1.165, 1.54) is 0 Å². The molecule has 0 aromatic rings. The molecule has 0 aromatic carbocycles. The summed E-state index contributed by atoms with van der Waals surface area (Å²) < 4.78 is 3.41. The van der Waals surface area contributed by atoms with E-state index < -0.39 is 9.05 Å². The van der Waals surface area contributed by atoms with Crippen LogP contribution in [0.3, 0.4) is 0 Å². The van der Waals surface area contributed by atoms with Crippen molar-refractivity contribution in [1.82, 2.24) is 0 Å². The van der Waals surface area contributed by atoms with Crippen molar-refractivity contribution in [3.8, 4) is 0 Å². The van der Waals surface area contributed by atoms with Crippen molar-refractivity contribution in [2.24, 2.45) is 0 Å². The Balaban J connectivity index is 3.17. The quantitative estimate of drug-likeness (QED) is 0.321. The van der Waals surface area contributed by atoms with Crippen molar-refractivity contribution in [2.45, 2.75) is 0 Å². The maximum Gasteiger partial charge on any atom is 0.0171 e. The Bertz CT molecular complexity index is 37.3. The van der Waals surface area contributed by atoms with Gasteiger partial charge in [-0.1, -0.05) is 0 Å². The summed E-state index contributed by atoms with van der Waals surface area (Å²) in [6.45, 7) is 0. The highest BCUT2D eigenvalue weighted by Gasteiger charge is 1.70. The zero-order chi connectivity index (χ0) is 5.21. The van der Waals surface area contributed by atoms with E-state index in [-0.39, 0.29) is 0 Å². The van der Waals surface area contributed by atoms with Crippen LogP contribution in [0.4, 0.5) is 0 Å². The molecule has 38 valence electrons. The van der Waals surface area contributed by atoms with Crippen LogP contribution in [0.2, 0.25) is 0 Å². The van der Waals surface area contributed by atoms with Gasteiger partial charge in [-0.15, -0.1) is 9.05 Å². The molecule has 0 bridgehead atoms. The first-order chi connectivity index (χ1) is 2.56. The first-order valence-electron chi connectivity index (χ1n) is 1.22. The van der Waals surface area contributed by atoms with Gasteiger partial charge in [0, 0.05) is 7.11 Å². The summed E-state index contributed by atoms with van der Waals surface area (Å²) in [5.41, 5.74) is 0. The molecule has 0 N–H and O–H groups in total. The van der Waals surface area contributed by atoms with E-state index in [1.807, 2.05) is 0 Å². The van der Waals surface area contributed by atoms with Crippen molar-refractivity contribution in [3.05, 3.63) is 0 Å². The van der Waals surface area contributed by atoms with E-state index in [2.05, 4.69) is 4.43 Å². The fraction of sp³-hybridized carbons (Fsp3) is 1.00. The van der Waals surface area contributed by atoms with Crippen LogP contribution >= 0.6 is 0 Å². The van der Waals surface area contributed by atoms with E-state index in [0.717, 1.165) is 7.11 Å². The molecule has 4 nitrogen and oxygen atoms in total. The van der Waals surface area contributed by atoms with Gasteiger partial charge in [0.2, 0.25) is 0 Å². The topological polar surface area (TPSA) is 78.4 Å². The highest BCUT2D eigenvalue weighted by Crippen LogP contribution is 1.60. The van der Waals surface area contributed by atoms with Gasteiger partial charge >= 0.3 is 0 Å². The molecule has 6 heavy (non-hydrogen) atoms. The second kappa shape index (κ2) is 1.67. The molecule has 0 atom stereocenters. The van der Waals surface area contributed by atoms with Crippen LogP contribution in [0.1, 0.15) is 0 Å². The Morgan fingerprint density at radius 1 is 1.33 bits per heavy atom. The van der Waals surface area contributed by atoms with Crippen LogP contribution in [0.25, 0.3) is 0 Å². The smallest absolute Gasteiger partial charge is 0.0171 e. The fourth-order valence-corrected chi connectivity index (χ4v) is 0. The van der Waals surface area contributed by atoms with Crippen molar-refractivity contribution < 1.29 is 18.8 Å². The molecule has 0 amide bonds. The third-order valence-corrected chi connectivity index (χ3v) is 0.750. The van der Waals surface area contributed by atoms with Gasteiger partial charge in [-0.2, -0.15) is 0 Å². The molecule has 0 saturated heterocycles. The van der Waals surface area contributed by atoms with E-state index in [4.69, 9.17) is 0 Å². The molecule has 0 saturated carbocycles. The molecule has 0 rings (SSSR count). The Morgan fingerprint density at radius 2 is 1.50 bits per heavy atom. The highest BCUT2D eigenvalue weighted by atomic mass is 28.4. The molecule has 0 spiro atoms. The fourth-order valence-electron chi connectivity index (χ4n) is 0. The molecule has 0 aliphatic heterocycles. The van der Waals surface area contributed by atoms with Crippen LogP contribution in [-0.2, 0) is 4.43 Å². The summed E-state index contributed by atoms with van der Waals surface area (Å²) in [6, 6.07) is 0. The van der Waals surface area contributed by atoms with E-state index in [1.54, 1.807) is 0 Å². The Kier molecular flexibility index (Phi) is 1.69. The van der Waals surface area contributed by atoms with Crippen LogP contribution in [0.5, 0.6) is 0 Å². The standard InChI is InChI=1S/CH3O4Si/c1-5-6(2,3)4/h1H3/q-3. The summed E-state index contributed by atoms with van der Waals surface area (Å²) in [4.78, 5) is 27.8. The second-order valence-corrected chi connectivity index (χ2v) is 2.11. The Labute approximate surface area is 36.1 Å². The first kappa shape index (κ1) is 6.06. The average molecular weight is 107 g/mol. The van der Waals surface area contributed by atoms with Gasteiger partial charge in [0.05, 0.1) is 0 Å². The summed E-state index contributed by atoms with van der Waals surface area (Å²) in [7, 11) is -4.05. The average Bonchev–Trinajstić information content (AvgIpc) is 1.35. The minimum Gasteiger partial charge on any atom is -0.861 e. The maximum absolute atomic E-state index is 9.28. The normalized spacial score (nSPS) is 12.0. The van der Waals surface area contributed by atoms with Crippen molar-refractivity contribution in [2.75, 3.05) is 7.11 Å². The molecule has 0 aliphatic rings. The molecular formula is CH3O4Si-3. The SMILES string of the molecule is CO[Si]([O-])([O-])[O-]. The number of hydrogen-bond donors (Lipinski definition) is 0. The Hall–Kier alpha value is 0.0569. The second-order valence-electron chi connectivity index (χ2n) is 0.704. The van der Waals surface area contributed by atoms with Crippen LogP contribution in [0, 0.1) is 0 Å². The van der Waals surface area contributed by atoms with Crippen LogP contribution in [-0.4, -0.2) is 16.2 Å². The van der Waals surface area contributed by atoms with Gasteiger partial charge in [0.1, 0.15) is 0 Å². The molecule has 0 aliphatic carbocycles. The van der Waals surface area contributed by atoms with Crippen molar-refractivity contribution in [1.29, 1.82) is 0 Å². The third kappa shape index (κ3) is 4.06. The molecule has 0 radical (unpaired) electrons. The Morgan fingerprint density at radius 3 is 1.50 bits per heavy atom. The largest absolute Gasteiger partial charge is 0.861 e. The lowest BCUT2D eigenvalue weighted by Crippen LogP contribution is -2.74. The zero-order valence-electron chi connectivity index (χ0n) is 3.13. The van der Waals surface area contributed by atoms with Gasteiger partial charge in [-0.3, -0.25) is 0 Å². The van der Waals surface area contributed by atoms with Crippen LogP contribution < -0.4 is 14.4 Å². The van der Waals surface area contributed by atoms with E-state index in [9.17, 15) is 14.4 Å². The highest BCUT2D eigenvalue weighted by molar-refractivity contribution is 6.42.